The molecule has 1 N–H and O–H groups in total. The summed E-state index contributed by atoms with van der Waals surface area (Å²) in [5.41, 5.74) is 1.32. The monoisotopic (exact) mass is 252 g/mol. The van der Waals surface area contributed by atoms with Gasteiger partial charge in [-0.2, -0.15) is 0 Å². The minimum Gasteiger partial charge on any atom is -0.468 e. The molecule has 0 amide bonds. The van der Waals surface area contributed by atoms with E-state index in [2.05, 4.69) is 44.0 Å². The highest BCUT2D eigenvalue weighted by molar-refractivity contribution is 5.16. The molecule has 0 fully saturated rings. The molecule has 1 heterocycles. The summed E-state index contributed by atoms with van der Waals surface area (Å²) in [6, 6.07) is 2.59. The molecule has 1 aromatic heterocycles. The first-order valence-electron chi connectivity index (χ1n) is 7.18. The summed E-state index contributed by atoms with van der Waals surface area (Å²) in [5.74, 6) is 1.08. The summed E-state index contributed by atoms with van der Waals surface area (Å²) >= 11 is 0. The van der Waals surface area contributed by atoms with Gasteiger partial charge >= 0.3 is 0 Å². The second-order valence-corrected chi connectivity index (χ2v) is 5.13. The molecule has 0 saturated carbocycles. The van der Waals surface area contributed by atoms with Crippen LogP contribution in [0.2, 0.25) is 0 Å². The molecule has 0 spiro atoms. The van der Waals surface area contributed by atoms with Crippen molar-refractivity contribution in [3.8, 4) is 0 Å². The predicted octanol–water partition coefficient (Wildman–Crippen LogP) is 3.40. The first-order valence-corrected chi connectivity index (χ1v) is 7.18. The summed E-state index contributed by atoms with van der Waals surface area (Å²) in [6.07, 6.45) is 4.33. The Kier molecular flexibility index (Phi) is 7.06. The van der Waals surface area contributed by atoms with E-state index in [1.807, 2.05) is 0 Å². The van der Waals surface area contributed by atoms with Gasteiger partial charge in [0, 0.05) is 18.2 Å². The van der Waals surface area contributed by atoms with Gasteiger partial charge in [-0.05, 0) is 25.6 Å². The van der Waals surface area contributed by atoms with Gasteiger partial charge in [-0.15, -0.1) is 0 Å². The van der Waals surface area contributed by atoms with E-state index >= 15 is 0 Å². The fraction of sp³-hybridized carbons (Fsp3) is 0.733. The van der Waals surface area contributed by atoms with E-state index in [0.29, 0.717) is 6.04 Å². The number of nitrogens with zero attached hydrogens (tertiary/aromatic N) is 1. The standard InChI is InChI=1S/C15H28N2O/c1-5-7-9-17(6-2)12-14-8-10-18-15(14)11-16-13(3)4/h8,10,13,16H,5-7,9,11-12H2,1-4H3. The molecule has 0 atom stereocenters. The number of unbranched alkanes of at least 4 members (excludes halogenated alkanes) is 1. The van der Waals surface area contributed by atoms with E-state index in [1.165, 1.54) is 24.9 Å². The van der Waals surface area contributed by atoms with Crippen molar-refractivity contribution in [3.05, 3.63) is 23.7 Å². The molecule has 3 nitrogen and oxygen atoms in total. The van der Waals surface area contributed by atoms with Gasteiger partial charge in [0.2, 0.25) is 0 Å². The molecule has 1 rings (SSSR count). The van der Waals surface area contributed by atoms with Gasteiger partial charge in [0.1, 0.15) is 5.76 Å². The van der Waals surface area contributed by atoms with E-state index < -0.39 is 0 Å². The highest BCUT2D eigenvalue weighted by Gasteiger charge is 2.10. The number of hydrogen-bond acceptors (Lipinski definition) is 3. The molecule has 1 aromatic rings. The SMILES string of the molecule is CCCCN(CC)Cc1ccoc1CNC(C)C. The fourth-order valence-corrected chi connectivity index (χ4v) is 1.93. The van der Waals surface area contributed by atoms with E-state index in [9.17, 15) is 0 Å². The second kappa shape index (κ2) is 8.33. The van der Waals surface area contributed by atoms with E-state index in [1.54, 1.807) is 6.26 Å². The molecule has 0 aliphatic carbocycles. The van der Waals surface area contributed by atoms with Crippen LogP contribution in [0, 0.1) is 0 Å². The van der Waals surface area contributed by atoms with Crippen LogP contribution in [-0.2, 0) is 13.1 Å². The molecule has 0 aliphatic heterocycles. The largest absolute Gasteiger partial charge is 0.468 e. The van der Waals surface area contributed by atoms with Crippen LogP contribution in [0.3, 0.4) is 0 Å². The van der Waals surface area contributed by atoms with Gasteiger partial charge in [-0.25, -0.2) is 0 Å². The summed E-state index contributed by atoms with van der Waals surface area (Å²) < 4.78 is 5.58. The summed E-state index contributed by atoms with van der Waals surface area (Å²) in [6.45, 7) is 12.9. The zero-order valence-electron chi connectivity index (χ0n) is 12.3. The Labute approximate surface area is 112 Å². The van der Waals surface area contributed by atoms with Gasteiger partial charge in [0.05, 0.1) is 12.8 Å². The lowest BCUT2D eigenvalue weighted by Crippen LogP contribution is -2.26. The van der Waals surface area contributed by atoms with Crippen LogP contribution >= 0.6 is 0 Å². The second-order valence-electron chi connectivity index (χ2n) is 5.13. The lowest BCUT2D eigenvalue weighted by Gasteiger charge is -2.20. The van der Waals surface area contributed by atoms with Gasteiger partial charge in [-0.1, -0.05) is 34.1 Å². The summed E-state index contributed by atoms with van der Waals surface area (Å²) in [4.78, 5) is 2.48. The topological polar surface area (TPSA) is 28.4 Å². The zero-order chi connectivity index (χ0) is 13.4. The maximum Gasteiger partial charge on any atom is 0.122 e. The van der Waals surface area contributed by atoms with Crippen molar-refractivity contribution in [2.75, 3.05) is 13.1 Å². The third-order valence-electron chi connectivity index (χ3n) is 3.18. The third-order valence-corrected chi connectivity index (χ3v) is 3.18. The Hall–Kier alpha value is -0.800. The van der Waals surface area contributed by atoms with Crippen LogP contribution in [-0.4, -0.2) is 24.0 Å². The molecule has 0 aliphatic rings. The number of rotatable bonds is 9. The molecule has 0 unspecified atom stereocenters. The van der Waals surface area contributed by atoms with Crippen molar-refractivity contribution < 1.29 is 4.42 Å². The van der Waals surface area contributed by atoms with Gasteiger partial charge < -0.3 is 9.73 Å². The van der Waals surface area contributed by atoms with Gasteiger partial charge in [0.15, 0.2) is 0 Å². The van der Waals surface area contributed by atoms with E-state index in [-0.39, 0.29) is 0 Å². The van der Waals surface area contributed by atoms with Crippen LogP contribution in [0.4, 0.5) is 0 Å². The highest BCUT2D eigenvalue weighted by atomic mass is 16.3. The zero-order valence-corrected chi connectivity index (χ0v) is 12.3. The molecule has 0 radical (unpaired) electrons. The summed E-state index contributed by atoms with van der Waals surface area (Å²) in [5, 5.41) is 3.41. The Morgan fingerprint density at radius 3 is 2.72 bits per heavy atom. The van der Waals surface area contributed by atoms with Gasteiger partial charge in [0.25, 0.3) is 0 Å². The predicted molar refractivity (Wildman–Crippen MR) is 76.5 cm³/mol. The van der Waals surface area contributed by atoms with Crippen molar-refractivity contribution in [2.24, 2.45) is 0 Å². The Morgan fingerprint density at radius 1 is 1.33 bits per heavy atom. The minimum atomic E-state index is 0.491. The first-order chi connectivity index (χ1) is 8.67. The van der Waals surface area contributed by atoms with E-state index in [4.69, 9.17) is 4.42 Å². The fourth-order valence-electron chi connectivity index (χ4n) is 1.93. The van der Waals surface area contributed by atoms with Crippen LogP contribution in [0.1, 0.15) is 51.9 Å². The van der Waals surface area contributed by atoms with E-state index in [0.717, 1.165) is 25.4 Å². The normalized spacial score (nSPS) is 11.7. The van der Waals surface area contributed by atoms with Crippen LogP contribution < -0.4 is 5.32 Å². The molecule has 0 aromatic carbocycles. The summed E-state index contributed by atoms with van der Waals surface area (Å²) in [7, 11) is 0. The van der Waals surface area contributed by atoms with Crippen molar-refractivity contribution in [2.45, 2.75) is 59.7 Å². The van der Waals surface area contributed by atoms with Crippen molar-refractivity contribution in [3.63, 3.8) is 0 Å². The smallest absolute Gasteiger partial charge is 0.122 e. The molecular formula is C15H28N2O. The maximum absolute atomic E-state index is 5.58. The Bertz CT molecular complexity index is 320. The molecule has 104 valence electrons. The van der Waals surface area contributed by atoms with Crippen molar-refractivity contribution >= 4 is 0 Å². The maximum atomic E-state index is 5.58. The van der Waals surface area contributed by atoms with Crippen molar-refractivity contribution in [1.29, 1.82) is 0 Å². The highest BCUT2D eigenvalue weighted by Crippen LogP contribution is 2.14. The Balaban J connectivity index is 2.51. The van der Waals surface area contributed by atoms with Crippen LogP contribution in [0.5, 0.6) is 0 Å². The number of furan rings is 1. The lowest BCUT2D eigenvalue weighted by atomic mass is 10.2. The Morgan fingerprint density at radius 2 is 2.11 bits per heavy atom. The quantitative estimate of drug-likeness (QED) is 0.730. The van der Waals surface area contributed by atoms with Crippen molar-refractivity contribution in [1.82, 2.24) is 10.2 Å². The molecular weight excluding hydrogens is 224 g/mol. The third kappa shape index (κ3) is 5.23. The minimum absolute atomic E-state index is 0.491. The number of nitrogens with one attached hydrogen (secondary N) is 1. The number of hydrogen-bond donors (Lipinski definition) is 1. The lowest BCUT2D eigenvalue weighted by molar-refractivity contribution is 0.272. The van der Waals surface area contributed by atoms with Crippen LogP contribution in [0.25, 0.3) is 0 Å². The van der Waals surface area contributed by atoms with Crippen LogP contribution in [0.15, 0.2) is 16.7 Å². The average molecular weight is 252 g/mol. The molecule has 18 heavy (non-hydrogen) atoms. The average Bonchev–Trinajstić information content (AvgIpc) is 2.79. The molecule has 0 saturated heterocycles. The first kappa shape index (κ1) is 15.3. The molecule has 3 heteroatoms. The van der Waals surface area contributed by atoms with Gasteiger partial charge in [-0.3, -0.25) is 4.90 Å². The molecule has 0 bridgehead atoms.